The van der Waals surface area contributed by atoms with Crippen molar-refractivity contribution in [2.75, 3.05) is 6.54 Å². The molecule has 112 valence electrons. The molecule has 2 rings (SSSR count). The van der Waals surface area contributed by atoms with E-state index in [1.807, 2.05) is 25.3 Å². The van der Waals surface area contributed by atoms with E-state index in [0.717, 1.165) is 12.1 Å². The van der Waals surface area contributed by atoms with Gasteiger partial charge < -0.3 is 9.88 Å². The highest BCUT2D eigenvalue weighted by Gasteiger charge is 2.13. The largest absolute Gasteiger partial charge is 0.313 e. The molecule has 0 aliphatic carbocycles. The van der Waals surface area contributed by atoms with Gasteiger partial charge in [-0.1, -0.05) is 31.2 Å². The summed E-state index contributed by atoms with van der Waals surface area (Å²) in [5.41, 5.74) is 4.68. The van der Waals surface area contributed by atoms with Crippen molar-refractivity contribution in [3.8, 4) is 0 Å². The summed E-state index contributed by atoms with van der Waals surface area (Å²) in [4.78, 5) is 12.2. The van der Waals surface area contributed by atoms with E-state index < -0.39 is 0 Å². The molecule has 0 saturated carbocycles. The molecule has 3 nitrogen and oxygen atoms in total. The SMILES string of the molecule is CCNC(Cn1cccc(C)c1=O)c1ccc(C)c(C)c1. The van der Waals surface area contributed by atoms with E-state index in [9.17, 15) is 4.79 Å². The smallest absolute Gasteiger partial charge is 0.253 e. The zero-order valence-corrected chi connectivity index (χ0v) is 13.3. The molecule has 21 heavy (non-hydrogen) atoms. The molecule has 3 heteroatoms. The van der Waals surface area contributed by atoms with Crippen molar-refractivity contribution in [1.82, 2.24) is 9.88 Å². The second-order valence-electron chi connectivity index (χ2n) is 5.60. The van der Waals surface area contributed by atoms with Crippen LogP contribution in [-0.2, 0) is 6.54 Å². The third-order valence-corrected chi connectivity index (χ3v) is 3.97. The van der Waals surface area contributed by atoms with Gasteiger partial charge in [0.25, 0.3) is 5.56 Å². The third kappa shape index (κ3) is 3.61. The van der Waals surface area contributed by atoms with Gasteiger partial charge in [-0.3, -0.25) is 4.79 Å². The minimum atomic E-state index is 0.0873. The fourth-order valence-electron chi connectivity index (χ4n) is 2.51. The Balaban J connectivity index is 2.32. The Morgan fingerprint density at radius 2 is 1.86 bits per heavy atom. The van der Waals surface area contributed by atoms with Gasteiger partial charge in [-0.2, -0.15) is 0 Å². The molecule has 0 bridgehead atoms. The highest BCUT2D eigenvalue weighted by molar-refractivity contribution is 5.31. The molecule has 1 aromatic carbocycles. The van der Waals surface area contributed by atoms with Crippen molar-refractivity contribution in [2.24, 2.45) is 0 Å². The monoisotopic (exact) mass is 284 g/mol. The van der Waals surface area contributed by atoms with Gasteiger partial charge in [-0.05, 0) is 50.1 Å². The summed E-state index contributed by atoms with van der Waals surface area (Å²) in [7, 11) is 0. The summed E-state index contributed by atoms with van der Waals surface area (Å²) in [6.07, 6.45) is 1.86. The van der Waals surface area contributed by atoms with Gasteiger partial charge >= 0.3 is 0 Å². The van der Waals surface area contributed by atoms with Gasteiger partial charge in [0.05, 0.1) is 6.04 Å². The van der Waals surface area contributed by atoms with Gasteiger partial charge in [-0.25, -0.2) is 0 Å². The van der Waals surface area contributed by atoms with Crippen LogP contribution in [0.1, 0.15) is 35.2 Å². The Kier molecular flexibility index (Phi) is 4.97. The second-order valence-corrected chi connectivity index (χ2v) is 5.60. The van der Waals surface area contributed by atoms with Crippen molar-refractivity contribution < 1.29 is 0 Å². The van der Waals surface area contributed by atoms with Crippen molar-refractivity contribution in [3.63, 3.8) is 0 Å². The molecule has 0 amide bonds. The van der Waals surface area contributed by atoms with Crippen LogP contribution in [0.4, 0.5) is 0 Å². The maximum Gasteiger partial charge on any atom is 0.253 e. The van der Waals surface area contributed by atoms with Gasteiger partial charge in [0, 0.05) is 18.3 Å². The molecule has 0 aliphatic heterocycles. The lowest BCUT2D eigenvalue weighted by atomic mass is 10.0. The standard InChI is InChI=1S/C18H24N2O/c1-5-19-17(16-9-8-13(2)15(4)11-16)12-20-10-6-7-14(3)18(20)21/h6-11,17,19H,5,12H2,1-4H3. The average molecular weight is 284 g/mol. The highest BCUT2D eigenvalue weighted by atomic mass is 16.1. The lowest BCUT2D eigenvalue weighted by molar-refractivity contribution is 0.466. The van der Waals surface area contributed by atoms with Crippen LogP contribution in [-0.4, -0.2) is 11.1 Å². The van der Waals surface area contributed by atoms with Crippen LogP contribution >= 0.6 is 0 Å². The van der Waals surface area contributed by atoms with Crippen molar-refractivity contribution >= 4 is 0 Å². The normalized spacial score (nSPS) is 12.4. The first kappa shape index (κ1) is 15.5. The van der Waals surface area contributed by atoms with Crippen LogP contribution in [0.25, 0.3) is 0 Å². The van der Waals surface area contributed by atoms with Gasteiger partial charge in [0.1, 0.15) is 0 Å². The maximum absolute atomic E-state index is 12.2. The number of aromatic nitrogens is 1. The number of nitrogens with one attached hydrogen (secondary N) is 1. The summed E-state index contributed by atoms with van der Waals surface area (Å²) in [5, 5.41) is 3.48. The van der Waals surface area contributed by atoms with Crippen molar-refractivity contribution in [2.45, 2.75) is 40.3 Å². The molecular formula is C18H24N2O. The van der Waals surface area contributed by atoms with E-state index in [1.165, 1.54) is 16.7 Å². The molecule has 0 aliphatic rings. The first-order chi connectivity index (χ1) is 10.0. The van der Waals surface area contributed by atoms with Crippen LogP contribution < -0.4 is 10.9 Å². The topological polar surface area (TPSA) is 34.0 Å². The minimum Gasteiger partial charge on any atom is -0.313 e. The number of pyridine rings is 1. The molecule has 1 heterocycles. The Labute approximate surface area is 126 Å². The Morgan fingerprint density at radius 1 is 1.10 bits per heavy atom. The van der Waals surface area contributed by atoms with E-state index in [0.29, 0.717) is 6.54 Å². The zero-order chi connectivity index (χ0) is 15.4. The van der Waals surface area contributed by atoms with Crippen molar-refractivity contribution in [3.05, 3.63) is 69.1 Å². The molecule has 1 unspecified atom stereocenters. The van der Waals surface area contributed by atoms with Crippen LogP contribution in [0.5, 0.6) is 0 Å². The Bertz CT molecular complexity index is 673. The van der Waals surface area contributed by atoms with Crippen LogP contribution in [0.3, 0.4) is 0 Å². The molecule has 0 saturated heterocycles. The van der Waals surface area contributed by atoms with Crippen LogP contribution in [0.2, 0.25) is 0 Å². The second kappa shape index (κ2) is 6.72. The first-order valence-electron chi connectivity index (χ1n) is 7.49. The molecule has 0 spiro atoms. The highest BCUT2D eigenvalue weighted by Crippen LogP contribution is 2.18. The molecule has 1 aromatic heterocycles. The molecule has 1 atom stereocenters. The lowest BCUT2D eigenvalue weighted by Crippen LogP contribution is -2.31. The summed E-state index contributed by atoms with van der Waals surface area (Å²) >= 11 is 0. The molecule has 0 fully saturated rings. The lowest BCUT2D eigenvalue weighted by Gasteiger charge is -2.21. The summed E-state index contributed by atoms with van der Waals surface area (Å²) in [5.74, 6) is 0. The van der Waals surface area contributed by atoms with E-state index in [2.05, 4.69) is 44.3 Å². The number of aryl methyl sites for hydroxylation is 3. The van der Waals surface area contributed by atoms with Gasteiger partial charge in [-0.15, -0.1) is 0 Å². The predicted molar refractivity (Wildman–Crippen MR) is 87.8 cm³/mol. The fraction of sp³-hybridized carbons (Fsp3) is 0.389. The zero-order valence-electron chi connectivity index (χ0n) is 13.3. The molecule has 2 aromatic rings. The van der Waals surface area contributed by atoms with Crippen LogP contribution in [0.15, 0.2) is 41.3 Å². The van der Waals surface area contributed by atoms with Crippen LogP contribution in [0, 0.1) is 20.8 Å². The molecule has 1 N–H and O–H groups in total. The Hall–Kier alpha value is -1.87. The quantitative estimate of drug-likeness (QED) is 0.915. The number of hydrogen-bond donors (Lipinski definition) is 1. The van der Waals surface area contributed by atoms with Gasteiger partial charge in [0.2, 0.25) is 0 Å². The number of hydrogen-bond acceptors (Lipinski definition) is 2. The Morgan fingerprint density at radius 3 is 2.52 bits per heavy atom. The van der Waals surface area contributed by atoms with E-state index in [4.69, 9.17) is 0 Å². The first-order valence-corrected chi connectivity index (χ1v) is 7.49. The summed E-state index contributed by atoms with van der Waals surface area (Å²) < 4.78 is 1.79. The summed E-state index contributed by atoms with van der Waals surface area (Å²) in [6.45, 7) is 9.71. The number of rotatable bonds is 5. The third-order valence-electron chi connectivity index (χ3n) is 3.97. The molecule has 0 radical (unpaired) electrons. The number of likely N-dealkylation sites (N-methyl/N-ethyl adjacent to an activating group) is 1. The predicted octanol–water partition coefficient (Wildman–Crippen LogP) is 3.12. The maximum atomic E-state index is 12.2. The molecular weight excluding hydrogens is 260 g/mol. The average Bonchev–Trinajstić information content (AvgIpc) is 2.46. The minimum absolute atomic E-state index is 0.0873. The number of benzene rings is 1. The van der Waals surface area contributed by atoms with Gasteiger partial charge in [0.15, 0.2) is 0 Å². The fourth-order valence-corrected chi connectivity index (χ4v) is 2.51. The van der Waals surface area contributed by atoms with E-state index in [-0.39, 0.29) is 11.6 Å². The summed E-state index contributed by atoms with van der Waals surface area (Å²) in [6, 6.07) is 10.4. The number of nitrogens with zero attached hydrogens (tertiary/aromatic N) is 1. The van der Waals surface area contributed by atoms with Crippen molar-refractivity contribution in [1.29, 1.82) is 0 Å². The van der Waals surface area contributed by atoms with E-state index in [1.54, 1.807) is 4.57 Å². The van der Waals surface area contributed by atoms with E-state index >= 15 is 0 Å².